The third kappa shape index (κ3) is 3.45. The maximum Gasteiger partial charge on any atom is 0.305 e. The molecule has 2 fully saturated rings. The maximum atomic E-state index is 11.4. The minimum absolute atomic E-state index is 0.103. The standard InChI is InChI=1S/C14H26N2O2/c1-3-13(11-4-5-11)16-8-10(6-12(15)9-16)7-14(17)18-2/h10-13H,3-9,15H2,1-2H3. The van der Waals surface area contributed by atoms with Crippen LogP contribution in [0.1, 0.15) is 39.0 Å². The number of piperidine rings is 1. The van der Waals surface area contributed by atoms with Crippen LogP contribution in [0.25, 0.3) is 0 Å². The van der Waals surface area contributed by atoms with Gasteiger partial charge in [-0.3, -0.25) is 9.69 Å². The summed E-state index contributed by atoms with van der Waals surface area (Å²) in [6.07, 6.45) is 5.40. The van der Waals surface area contributed by atoms with Gasteiger partial charge >= 0.3 is 5.97 Å². The van der Waals surface area contributed by atoms with E-state index >= 15 is 0 Å². The van der Waals surface area contributed by atoms with Crippen molar-refractivity contribution in [3.8, 4) is 0 Å². The summed E-state index contributed by atoms with van der Waals surface area (Å²) in [6.45, 7) is 4.27. The lowest BCUT2D eigenvalue weighted by atomic mass is 9.90. The Morgan fingerprint density at radius 1 is 1.44 bits per heavy atom. The number of nitrogens with zero attached hydrogens (tertiary/aromatic N) is 1. The lowest BCUT2D eigenvalue weighted by Crippen LogP contribution is -2.52. The number of ether oxygens (including phenoxy) is 1. The summed E-state index contributed by atoms with van der Waals surface area (Å²) >= 11 is 0. The molecule has 18 heavy (non-hydrogen) atoms. The first-order chi connectivity index (χ1) is 8.63. The zero-order valence-electron chi connectivity index (χ0n) is 11.6. The van der Waals surface area contributed by atoms with Crippen LogP contribution in [0, 0.1) is 11.8 Å². The van der Waals surface area contributed by atoms with Crippen LogP contribution in [0.2, 0.25) is 0 Å². The first kappa shape index (κ1) is 13.8. The molecule has 0 spiro atoms. The Kier molecular flexibility index (Phi) is 4.62. The molecule has 3 atom stereocenters. The Morgan fingerprint density at radius 3 is 2.72 bits per heavy atom. The van der Waals surface area contributed by atoms with Crippen LogP contribution >= 0.6 is 0 Å². The number of likely N-dealkylation sites (tertiary alicyclic amines) is 1. The molecule has 104 valence electrons. The summed E-state index contributed by atoms with van der Waals surface area (Å²) in [5.74, 6) is 1.14. The van der Waals surface area contributed by atoms with E-state index in [1.807, 2.05) is 0 Å². The number of carbonyl (C=O) groups excluding carboxylic acids is 1. The molecule has 3 unspecified atom stereocenters. The number of carbonyl (C=O) groups is 1. The second-order valence-electron chi connectivity index (χ2n) is 5.91. The molecule has 1 aliphatic heterocycles. The second-order valence-corrected chi connectivity index (χ2v) is 5.91. The zero-order valence-corrected chi connectivity index (χ0v) is 11.6. The lowest BCUT2D eigenvalue weighted by Gasteiger charge is -2.40. The molecule has 2 N–H and O–H groups in total. The lowest BCUT2D eigenvalue weighted by molar-refractivity contribution is -0.142. The fourth-order valence-corrected chi connectivity index (χ4v) is 3.39. The molecule has 0 amide bonds. The summed E-state index contributed by atoms with van der Waals surface area (Å²) in [7, 11) is 1.46. The minimum Gasteiger partial charge on any atom is -0.469 e. The maximum absolute atomic E-state index is 11.4. The molecule has 0 aromatic heterocycles. The van der Waals surface area contributed by atoms with Gasteiger partial charge in [-0.1, -0.05) is 6.92 Å². The molecular formula is C14H26N2O2. The predicted octanol–water partition coefficient (Wildman–Crippen LogP) is 1.39. The quantitative estimate of drug-likeness (QED) is 0.753. The highest BCUT2D eigenvalue weighted by Gasteiger charge is 2.37. The van der Waals surface area contributed by atoms with E-state index in [1.165, 1.54) is 26.4 Å². The van der Waals surface area contributed by atoms with Crippen molar-refractivity contribution in [2.75, 3.05) is 20.2 Å². The Labute approximate surface area is 110 Å². The summed E-state index contributed by atoms with van der Waals surface area (Å²) in [6, 6.07) is 0.887. The van der Waals surface area contributed by atoms with Gasteiger partial charge in [0.25, 0.3) is 0 Å². The van der Waals surface area contributed by atoms with E-state index in [9.17, 15) is 4.79 Å². The average Bonchev–Trinajstić information content (AvgIpc) is 3.13. The molecule has 0 aromatic rings. The van der Waals surface area contributed by atoms with Gasteiger partial charge in [-0.05, 0) is 37.5 Å². The summed E-state index contributed by atoms with van der Waals surface area (Å²) in [5.41, 5.74) is 6.15. The van der Waals surface area contributed by atoms with Crippen molar-refractivity contribution < 1.29 is 9.53 Å². The van der Waals surface area contributed by atoms with Crippen LogP contribution in [-0.4, -0.2) is 43.2 Å². The molecule has 1 saturated heterocycles. The molecule has 1 saturated carbocycles. The van der Waals surface area contributed by atoms with E-state index in [0.29, 0.717) is 18.4 Å². The van der Waals surface area contributed by atoms with E-state index in [-0.39, 0.29) is 12.0 Å². The highest BCUT2D eigenvalue weighted by atomic mass is 16.5. The van der Waals surface area contributed by atoms with Crippen molar-refractivity contribution in [1.29, 1.82) is 0 Å². The molecule has 1 aliphatic carbocycles. The van der Waals surface area contributed by atoms with Crippen LogP contribution in [-0.2, 0) is 9.53 Å². The Morgan fingerprint density at radius 2 is 2.17 bits per heavy atom. The molecule has 0 radical (unpaired) electrons. The van der Waals surface area contributed by atoms with Crippen LogP contribution in [0.15, 0.2) is 0 Å². The predicted molar refractivity (Wildman–Crippen MR) is 71.1 cm³/mol. The number of hydrogen-bond acceptors (Lipinski definition) is 4. The van der Waals surface area contributed by atoms with Gasteiger partial charge in [-0.25, -0.2) is 0 Å². The van der Waals surface area contributed by atoms with Gasteiger partial charge in [0.1, 0.15) is 0 Å². The van der Waals surface area contributed by atoms with Gasteiger partial charge < -0.3 is 10.5 Å². The zero-order chi connectivity index (χ0) is 13.1. The monoisotopic (exact) mass is 254 g/mol. The van der Waals surface area contributed by atoms with E-state index in [4.69, 9.17) is 10.5 Å². The van der Waals surface area contributed by atoms with Crippen molar-refractivity contribution in [2.45, 2.75) is 51.1 Å². The molecule has 0 aromatic carbocycles. The molecule has 1 heterocycles. The van der Waals surface area contributed by atoms with Gasteiger partial charge in [0.05, 0.1) is 7.11 Å². The van der Waals surface area contributed by atoms with Crippen molar-refractivity contribution in [3.05, 3.63) is 0 Å². The molecule has 2 rings (SSSR count). The second kappa shape index (κ2) is 6.02. The SMILES string of the molecule is CCC(C1CC1)N1CC(N)CC(CC(=O)OC)C1. The van der Waals surface area contributed by atoms with E-state index in [0.717, 1.165) is 25.4 Å². The van der Waals surface area contributed by atoms with Gasteiger partial charge in [-0.15, -0.1) is 0 Å². The van der Waals surface area contributed by atoms with E-state index in [2.05, 4.69) is 11.8 Å². The molecule has 4 heteroatoms. The molecular weight excluding hydrogens is 228 g/mol. The Balaban J connectivity index is 1.92. The van der Waals surface area contributed by atoms with Crippen molar-refractivity contribution in [1.82, 2.24) is 4.90 Å². The van der Waals surface area contributed by atoms with Gasteiger partial charge in [0, 0.05) is 31.6 Å². The van der Waals surface area contributed by atoms with E-state index < -0.39 is 0 Å². The number of methoxy groups -OCH3 is 1. The largest absolute Gasteiger partial charge is 0.469 e. The fraction of sp³-hybridized carbons (Fsp3) is 0.929. The van der Waals surface area contributed by atoms with Crippen molar-refractivity contribution >= 4 is 5.97 Å². The number of esters is 1. The molecule has 4 nitrogen and oxygen atoms in total. The fourth-order valence-electron chi connectivity index (χ4n) is 3.39. The summed E-state index contributed by atoms with van der Waals surface area (Å²) in [4.78, 5) is 13.9. The van der Waals surface area contributed by atoms with E-state index in [1.54, 1.807) is 0 Å². The number of hydrogen-bond donors (Lipinski definition) is 1. The first-order valence-corrected chi connectivity index (χ1v) is 7.20. The van der Waals surface area contributed by atoms with Crippen LogP contribution in [0.4, 0.5) is 0 Å². The Hall–Kier alpha value is -0.610. The third-order valence-electron chi connectivity index (χ3n) is 4.33. The Bertz CT molecular complexity index is 292. The number of nitrogens with two attached hydrogens (primary N) is 1. The topological polar surface area (TPSA) is 55.6 Å². The minimum atomic E-state index is -0.103. The van der Waals surface area contributed by atoms with Crippen LogP contribution in [0.5, 0.6) is 0 Å². The van der Waals surface area contributed by atoms with Gasteiger partial charge in [0.15, 0.2) is 0 Å². The highest BCUT2D eigenvalue weighted by Crippen LogP contribution is 2.38. The third-order valence-corrected chi connectivity index (χ3v) is 4.33. The molecule has 0 bridgehead atoms. The van der Waals surface area contributed by atoms with Crippen LogP contribution in [0.3, 0.4) is 0 Å². The van der Waals surface area contributed by atoms with Gasteiger partial charge in [0.2, 0.25) is 0 Å². The molecule has 2 aliphatic rings. The van der Waals surface area contributed by atoms with Gasteiger partial charge in [-0.2, -0.15) is 0 Å². The normalized spacial score (nSPS) is 31.1. The average molecular weight is 254 g/mol. The first-order valence-electron chi connectivity index (χ1n) is 7.20. The highest BCUT2D eigenvalue weighted by molar-refractivity contribution is 5.69. The van der Waals surface area contributed by atoms with Crippen molar-refractivity contribution in [2.24, 2.45) is 17.6 Å². The summed E-state index contributed by atoms with van der Waals surface area (Å²) in [5, 5.41) is 0. The van der Waals surface area contributed by atoms with Crippen LogP contribution < -0.4 is 5.73 Å². The van der Waals surface area contributed by atoms with Crippen molar-refractivity contribution in [3.63, 3.8) is 0 Å². The number of rotatable bonds is 5. The summed E-state index contributed by atoms with van der Waals surface area (Å²) < 4.78 is 4.77. The smallest absolute Gasteiger partial charge is 0.305 e.